The Morgan fingerprint density at radius 1 is 1.03 bits per heavy atom. The Morgan fingerprint density at radius 3 is 2.32 bits per heavy atom. The van der Waals surface area contributed by atoms with Crippen LogP contribution in [0.5, 0.6) is 0 Å². The van der Waals surface area contributed by atoms with Crippen molar-refractivity contribution >= 4 is 11.8 Å². The van der Waals surface area contributed by atoms with Crippen molar-refractivity contribution in [2.24, 2.45) is 5.92 Å². The molecule has 1 N–H and O–H groups in total. The molecule has 1 saturated heterocycles. The number of carbonyl (C=O) groups excluding carboxylic acids is 2. The Kier molecular flexibility index (Phi) is 6.28. The van der Waals surface area contributed by atoms with Gasteiger partial charge in [-0.3, -0.25) is 9.59 Å². The lowest BCUT2D eigenvalue weighted by atomic mass is 10.0. The average molecular weight is 444 g/mol. The highest BCUT2D eigenvalue weighted by molar-refractivity contribution is 5.89. The van der Waals surface area contributed by atoms with Crippen LogP contribution in [-0.2, 0) is 22.3 Å². The number of likely N-dealkylation sites (tertiary alicyclic amines) is 1. The zero-order valence-corrected chi connectivity index (χ0v) is 16.0. The van der Waals surface area contributed by atoms with E-state index in [9.17, 15) is 35.9 Å². The van der Waals surface area contributed by atoms with Crippen molar-refractivity contribution in [2.45, 2.75) is 31.4 Å². The lowest BCUT2D eigenvalue weighted by Gasteiger charge is -2.24. The number of alkyl halides is 6. The summed E-state index contributed by atoms with van der Waals surface area (Å²) in [5.41, 5.74) is -0.808. The number of halogens is 6. The predicted molar refractivity (Wildman–Crippen MR) is 98.3 cm³/mol. The summed E-state index contributed by atoms with van der Waals surface area (Å²) < 4.78 is 78.9. The Balaban J connectivity index is 1.69. The van der Waals surface area contributed by atoms with Crippen LogP contribution >= 0.6 is 0 Å². The molecule has 1 heterocycles. The summed E-state index contributed by atoms with van der Waals surface area (Å²) in [6, 6.07) is 9.01. The highest BCUT2D eigenvalue weighted by Crippen LogP contribution is 2.34. The molecule has 1 aliphatic rings. The van der Waals surface area contributed by atoms with Gasteiger partial charge >= 0.3 is 12.4 Å². The number of hydrogen-bond donors (Lipinski definition) is 1. The number of hydrogen-bond acceptors (Lipinski definition) is 2. The number of rotatable bonds is 5. The Hall–Kier alpha value is -3.04. The lowest BCUT2D eigenvalue weighted by molar-refractivity contribution is -0.164. The maximum absolute atomic E-state index is 13.4. The number of nitrogens with one attached hydrogen (secondary N) is 1. The van der Waals surface area contributed by atoms with Gasteiger partial charge in [-0.25, -0.2) is 0 Å². The topological polar surface area (TPSA) is 49.4 Å². The van der Waals surface area contributed by atoms with E-state index < -0.39 is 41.7 Å². The second-order valence-electron chi connectivity index (χ2n) is 7.27. The molecule has 2 amide bonds. The first-order valence-electron chi connectivity index (χ1n) is 9.31. The van der Waals surface area contributed by atoms with E-state index in [-0.39, 0.29) is 30.6 Å². The summed E-state index contributed by atoms with van der Waals surface area (Å²) in [7, 11) is 0. The minimum atomic E-state index is -4.74. The van der Waals surface area contributed by atoms with Gasteiger partial charge in [-0.1, -0.05) is 42.5 Å². The van der Waals surface area contributed by atoms with E-state index in [0.717, 1.165) is 12.1 Å². The molecular weight excluding hydrogens is 426 g/mol. The van der Waals surface area contributed by atoms with Gasteiger partial charge in [-0.2, -0.15) is 26.3 Å². The van der Waals surface area contributed by atoms with E-state index in [4.69, 9.17) is 0 Å². The molecule has 10 heteroatoms. The molecule has 0 bridgehead atoms. The first-order chi connectivity index (χ1) is 14.4. The molecule has 1 aliphatic heterocycles. The zero-order chi connectivity index (χ0) is 22.8. The monoisotopic (exact) mass is 444 g/mol. The third-order valence-electron chi connectivity index (χ3n) is 4.96. The summed E-state index contributed by atoms with van der Waals surface area (Å²) in [6.07, 6.45) is -9.60. The molecule has 0 saturated carbocycles. The normalized spacial score (nSPS) is 18.2. The fourth-order valence-electron chi connectivity index (χ4n) is 3.43. The van der Waals surface area contributed by atoms with Crippen LogP contribution < -0.4 is 5.32 Å². The molecule has 3 rings (SSSR count). The van der Waals surface area contributed by atoms with Crippen molar-refractivity contribution in [1.82, 2.24) is 10.2 Å². The Bertz CT molecular complexity index is 943. The van der Waals surface area contributed by atoms with Crippen molar-refractivity contribution in [1.29, 1.82) is 0 Å². The van der Waals surface area contributed by atoms with Gasteiger partial charge in [0.1, 0.15) is 0 Å². The van der Waals surface area contributed by atoms with E-state index in [1.165, 1.54) is 41.3 Å². The summed E-state index contributed by atoms with van der Waals surface area (Å²) >= 11 is 0. The van der Waals surface area contributed by atoms with Crippen LogP contribution in [0.1, 0.15) is 29.2 Å². The van der Waals surface area contributed by atoms with E-state index in [2.05, 4.69) is 0 Å². The van der Waals surface area contributed by atoms with Crippen molar-refractivity contribution in [3.05, 3.63) is 71.3 Å². The van der Waals surface area contributed by atoms with Gasteiger partial charge in [0.15, 0.2) is 6.04 Å². The first kappa shape index (κ1) is 22.6. The minimum absolute atomic E-state index is 0.145. The van der Waals surface area contributed by atoms with Gasteiger partial charge in [-0.05, 0) is 23.3 Å². The minimum Gasteiger partial charge on any atom is -0.341 e. The number of benzene rings is 2. The molecule has 1 fully saturated rings. The number of nitrogens with zero attached hydrogens (tertiary/aromatic N) is 1. The molecule has 2 unspecified atom stereocenters. The molecule has 2 atom stereocenters. The van der Waals surface area contributed by atoms with Crippen molar-refractivity contribution in [2.75, 3.05) is 6.54 Å². The fourth-order valence-corrected chi connectivity index (χ4v) is 3.43. The SMILES string of the molecule is O=C(NC(c1ccccc1)C(F)(F)F)C1CC(=O)N(Cc2cccc(C(F)(F)F)c2)C1. The summed E-state index contributed by atoms with van der Waals surface area (Å²) in [6.45, 7) is -0.353. The quantitative estimate of drug-likeness (QED) is 0.692. The van der Waals surface area contributed by atoms with Crippen LogP contribution in [0.25, 0.3) is 0 Å². The smallest absolute Gasteiger partial charge is 0.341 e. The van der Waals surface area contributed by atoms with E-state index in [1.807, 2.05) is 5.32 Å². The highest BCUT2D eigenvalue weighted by atomic mass is 19.4. The second kappa shape index (κ2) is 8.60. The molecule has 0 aliphatic carbocycles. The number of amides is 2. The summed E-state index contributed by atoms with van der Waals surface area (Å²) in [5.74, 6) is -2.49. The molecule has 2 aromatic rings. The maximum atomic E-state index is 13.4. The summed E-state index contributed by atoms with van der Waals surface area (Å²) in [4.78, 5) is 25.9. The van der Waals surface area contributed by atoms with Crippen molar-refractivity contribution in [3.63, 3.8) is 0 Å². The zero-order valence-electron chi connectivity index (χ0n) is 16.0. The molecule has 0 radical (unpaired) electrons. The van der Waals surface area contributed by atoms with Crippen LogP contribution in [0.3, 0.4) is 0 Å². The van der Waals surface area contributed by atoms with Crippen molar-refractivity contribution < 1.29 is 35.9 Å². The Labute approximate surface area is 173 Å². The van der Waals surface area contributed by atoms with E-state index in [0.29, 0.717) is 0 Å². The van der Waals surface area contributed by atoms with Gasteiger partial charge in [-0.15, -0.1) is 0 Å². The van der Waals surface area contributed by atoms with Crippen LogP contribution in [0.2, 0.25) is 0 Å². The summed E-state index contributed by atoms with van der Waals surface area (Å²) in [5, 5.41) is 1.96. The lowest BCUT2D eigenvalue weighted by Crippen LogP contribution is -2.41. The maximum Gasteiger partial charge on any atom is 0.416 e. The van der Waals surface area contributed by atoms with Crippen LogP contribution in [0.15, 0.2) is 54.6 Å². The second-order valence-corrected chi connectivity index (χ2v) is 7.27. The first-order valence-corrected chi connectivity index (χ1v) is 9.31. The average Bonchev–Trinajstić information content (AvgIpc) is 3.06. The molecule has 0 aromatic heterocycles. The number of carbonyl (C=O) groups is 2. The van der Waals surface area contributed by atoms with Gasteiger partial charge < -0.3 is 10.2 Å². The fraction of sp³-hybridized carbons (Fsp3) is 0.333. The van der Waals surface area contributed by atoms with Gasteiger partial charge in [0.2, 0.25) is 11.8 Å². The molecule has 0 spiro atoms. The van der Waals surface area contributed by atoms with Crippen LogP contribution in [0.4, 0.5) is 26.3 Å². The largest absolute Gasteiger partial charge is 0.416 e. The van der Waals surface area contributed by atoms with E-state index in [1.54, 1.807) is 6.07 Å². The van der Waals surface area contributed by atoms with Crippen molar-refractivity contribution in [3.8, 4) is 0 Å². The molecule has 2 aromatic carbocycles. The standard InChI is InChI=1S/C21H18F6N2O2/c22-20(23,24)16-8-4-5-13(9-16)11-29-12-15(10-17(29)30)19(31)28-18(21(25,26)27)14-6-2-1-3-7-14/h1-9,15,18H,10-12H2,(H,28,31). The molecule has 4 nitrogen and oxygen atoms in total. The molecular formula is C21H18F6N2O2. The Morgan fingerprint density at radius 2 is 1.71 bits per heavy atom. The van der Waals surface area contributed by atoms with Gasteiger partial charge in [0, 0.05) is 19.5 Å². The van der Waals surface area contributed by atoms with Crippen LogP contribution in [-0.4, -0.2) is 29.4 Å². The molecule has 166 valence electrons. The van der Waals surface area contributed by atoms with E-state index >= 15 is 0 Å². The van der Waals surface area contributed by atoms with Gasteiger partial charge in [0.25, 0.3) is 0 Å². The highest BCUT2D eigenvalue weighted by Gasteiger charge is 2.44. The third-order valence-corrected chi connectivity index (χ3v) is 4.96. The van der Waals surface area contributed by atoms with Gasteiger partial charge in [0.05, 0.1) is 11.5 Å². The molecule has 31 heavy (non-hydrogen) atoms. The van der Waals surface area contributed by atoms with Crippen LogP contribution in [0, 0.1) is 5.92 Å². The predicted octanol–water partition coefficient (Wildman–Crippen LogP) is 4.47. The third kappa shape index (κ3) is 5.56.